The zero-order valence-electron chi connectivity index (χ0n) is 12.4. The van der Waals surface area contributed by atoms with Crippen LogP contribution in [0, 0.1) is 6.92 Å². The molecule has 106 valence electrons. The summed E-state index contributed by atoms with van der Waals surface area (Å²) in [6, 6.07) is 4.87. The van der Waals surface area contributed by atoms with E-state index in [1.165, 1.54) is 43.5 Å². The molecule has 1 N–H and O–H groups in total. The normalized spacial score (nSPS) is 20.6. The molecular weight excluding hydrogens is 234 g/mol. The SMILES string of the molecule is CCCNCC1CCCCN1Cc1ncccc1C. The van der Waals surface area contributed by atoms with E-state index in [1.54, 1.807) is 0 Å². The topological polar surface area (TPSA) is 28.2 Å². The van der Waals surface area contributed by atoms with Gasteiger partial charge in [-0.05, 0) is 50.9 Å². The molecule has 1 unspecified atom stereocenters. The monoisotopic (exact) mass is 261 g/mol. The summed E-state index contributed by atoms with van der Waals surface area (Å²) < 4.78 is 0. The van der Waals surface area contributed by atoms with Crippen molar-refractivity contribution in [1.82, 2.24) is 15.2 Å². The lowest BCUT2D eigenvalue weighted by Crippen LogP contribution is -2.45. The molecule has 2 heterocycles. The predicted molar refractivity (Wildman–Crippen MR) is 80.2 cm³/mol. The van der Waals surface area contributed by atoms with Gasteiger partial charge in [-0.1, -0.05) is 19.4 Å². The highest BCUT2D eigenvalue weighted by atomic mass is 15.2. The van der Waals surface area contributed by atoms with Gasteiger partial charge in [0.1, 0.15) is 0 Å². The minimum Gasteiger partial charge on any atom is -0.315 e. The highest BCUT2D eigenvalue weighted by Gasteiger charge is 2.22. The molecule has 1 aromatic heterocycles. The third-order valence-electron chi connectivity index (χ3n) is 4.03. The number of aromatic nitrogens is 1. The zero-order valence-corrected chi connectivity index (χ0v) is 12.4. The van der Waals surface area contributed by atoms with Crippen molar-refractivity contribution in [3.63, 3.8) is 0 Å². The Hall–Kier alpha value is -0.930. The molecule has 1 atom stereocenters. The molecule has 1 fully saturated rings. The second-order valence-electron chi connectivity index (χ2n) is 5.59. The fourth-order valence-corrected chi connectivity index (χ4v) is 2.82. The maximum atomic E-state index is 4.54. The van der Waals surface area contributed by atoms with E-state index in [0.29, 0.717) is 6.04 Å². The highest BCUT2D eigenvalue weighted by Crippen LogP contribution is 2.19. The van der Waals surface area contributed by atoms with Crippen molar-refractivity contribution in [2.24, 2.45) is 0 Å². The van der Waals surface area contributed by atoms with E-state index in [4.69, 9.17) is 0 Å². The second-order valence-corrected chi connectivity index (χ2v) is 5.59. The largest absolute Gasteiger partial charge is 0.315 e. The van der Waals surface area contributed by atoms with Gasteiger partial charge in [-0.3, -0.25) is 9.88 Å². The summed E-state index contributed by atoms with van der Waals surface area (Å²) in [6.07, 6.45) is 7.15. The van der Waals surface area contributed by atoms with Crippen molar-refractivity contribution in [2.75, 3.05) is 19.6 Å². The molecule has 0 saturated carbocycles. The third kappa shape index (κ3) is 4.29. The fraction of sp³-hybridized carbons (Fsp3) is 0.688. The Balaban J connectivity index is 1.93. The van der Waals surface area contributed by atoms with Gasteiger partial charge in [0.25, 0.3) is 0 Å². The molecule has 3 heteroatoms. The van der Waals surface area contributed by atoms with Gasteiger partial charge < -0.3 is 5.32 Å². The van der Waals surface area contributed by atoms with Crippen LogP contribution in [0.3, 0.4) is 0 Å². The molecule has 0 radical (unpaired) electrons. The molecule has 2 rings (SSSR count). The molecule has 0 spiro atoms. The summed E-state index contributed by atoms with van der Waals surface area (Å²) in [5, 5.41) is 3.57. The maximum absolute atomic E-state index is 4.54. The van der Waals surface area contributed by atoms with Crippen molar-refractivity contribution < 1.29 is 0 Å². The molecule has 1 saturated heterocycles. The zero-order chi connectivity index (χ0) is 13.5. The Morgan fingerprint density at radius 1 is 1.42 bits per heavy atom. The van der Waals surface area contributed by atoms with Crippen LogP contribution in [0.4, 0.5) is 0 Å². The van der Waals surface area contributed by atoms with Crippen molar-refractivity contribution in [1.29, 1.82) is 0 Å². The number of aryl methyl sites for hydroxylation is 1. The maximum Gasteiger partial charge on any atom is 0.0573 e. The van der Waals surface area contributed by atoms with Gasteiger partial charge in [0.2, 0.25) is 0 Å². The summed E-state index contributed by atoms with van der Waals surface area (Å²) in [5.41, 5.74) is 2.55. The van der Waals surface area contributed by atoms with E-state index in [-0.39, 0.29) is 0 Å². The van der Waals surface area contributed by atoms with Crippen LogP contribution < -0.4 is 5.32 Å². The first kappa shape index (κ1) is 14.5. The van der Waals surface area contributed by atoms with E-state index >= 15 is 0 Å². The fourth-order valence-electron chi connectivity index (χ4n) is 2.82. The first-order valence-electron chi connectivity index (χ1n) is 7.66. The van der Waals surface area contributed by atoms with Crippen LogP contribution in [0.25, 0.3) is 0 Å². The number of piperidine rings is 1. The Morgan fingerprint density at radius 2 is 2.32 bits per heavy atom. The number of hydrogen-bond acceptors (Lipinski definition) is 3. The smallest absolute Gasteiger partial charge is 0.0573 e. The molecule has 3 nitrogen and oxygen atoms in total. The Kier molecular flexibility index (Phi) is 5.80. The molecular formula is C16H27N3. The van der Waals surface area contributed by atoms with Crippen LogP contribution in [-0.2, 0) is 6.54 Å². The molecule has 1 aliphatic heterocycles. The van der Waals surface area contributed by atoms with Crippen molar-refractivity contribution >= 4 is 0 Å². The van der Waals surface area contributed by atoms with E-state index in [1.807, 2.05) is 12.3 Å². The van der Waals surface area contributed by atoms with Crippen molar-refractivity contribution in [2.45, 2.75) is 52.1 Å². The van der Waals surface area contributed by atoms with Crippen LogP contribution in [0.15, 0.2) is 18.3 Å². The lowest BCUT2D eigenvalue weighted by atomic mass is 10.0. The summed E-state index contributed by atoms with van der Waals surface area (Å²) in [4.78, 5) is 7.15. The van der Waals surface area contributed by atoms with Gasteiger partial charge in [-0.15, -0.1) is 0 Å². The molecule has 1 aliphatic rings. The van der Waals surface area contributed by atoms with Crippen LogP contribution in [-0.4, -0.2) is 35.6 Å². The Bertz CT molecular complexity index is 378. The molecule has 0 aromatic carbocycles. The second kappa shape index (κ2) is 7.61. The minimum atomic E-state index is 0.682. The van der Waals surface area contributed by atoms with Gasteiger partial charge in [0.15, 0.2) is 0 Å². The molecule has 0 amide bonds. The van der Waals surface area contributed by atoms with E-state index in [9.17, 15) is 0 Å². The van der Waals surface area contributed by atoms with Gasteiger partial charge >= 0.3 is 0 Å². The van der Waals surface area contributed by atoms with E-state index in [2.05, 4.69) is 35.1 Å². The average molecular weight is 261 g/mol. The Morgan fingerprint density at radius 3 is 3.11 bits per heavy atom. The van der Waals surface area contributed by atoms with Gasteiger partial charge in [-0.2, -0.15) is 0 Å². The number of nitrogens with one attached hydrogen (secondary N) is 1. The number of pyridine rings is 1. The first-order valence-corrected chi connectivity index (χ1v) is 7.66. The van der Waals surface area contributed by atoms with Gasteiger partial charge in [-0.25, -0.2) is 0 Å². The third-order valence-corrected chi connectivity index (χ3v) is 4.03. The van der Waals surface area contributed by atoms with Gasteiger partial charge in [0.05, 0.1) is 5.69 Å². The summed E-state index contributed by atoms with van der Waals surface area (Å²) >= 11 is 0. The summed E-state index contributed by atoms with van der Waals surface area (Å²) in [5.74, 6) is 0. The predicted octanol–water partition coefficient (Wildman–Crippen LogP) is 2.74. The highest BCUT2D eigenvalue weighted by molar-refractivity contribution is 5.17. The summed E-state index contributed by atoms with van der Waals surface area (Å²) in [7, 11) is 0. The molecule has 0 bridgehead atoms. The van der Waals surface area contributed by atoms with Gasteiger partial charge in [0, 0.05) is 25.3 Å². The quantitative estimate of drug-likeness (QED) is 0.798. The number of likely N-dealkylation sites (tertiary alicyclic amines) is 1. The number of hydrogen-bond donors (Lipinski definition) is 1. The molecule has 1 aromatic rings. The van der Waals surface area contributed by atoms with Crippen molar-refractivity contribution in [3.8, 4) is 0 Å². The Labute approximate surface area is 117 Å². The van der Waals surface area contributed by atoms with Crippen LogP contribution >= 0.6 is 0 Å². The summed E-state index contributed by atoms with van der Waals surface area (Å²) in [6.45, 7) is 8.87. The average Bonchev–Trinajstić information content (AvgIpc) is 2.43. The molecule has 0 aliphatic carbocycles. The molecule has 19 heavy (non-hydrogen) atoms. The standard InChI is InChI=1S/C16H27N3/c1-3-9-17-12-15-8-4-5-11-19(15)13-16-14(2)7-6-10-18-16/h6-7,10,15,17H,3-5,8-9,11-13H2,1-2H3. The lowest BCUT2D eigenvalue weighted by Gasteiger charge is -2.36. The van der Waals surface area contributed by atoms with Crippen LogP contribution in [0.5, 0.6) is 0 Å². The number of nitrogens with zero attached hydrogens (tertiary/aromatic N) is 2. The van der Waals surface area contributed by atoms with Crippen LogP contribution in [0.2, 0.25) is 0 Å². The first-order chi connectivity index (χ1) is 9.31. The number of rotatable bonds is 6. The van der Waals surface area contributed by atoms with E-state index in [0.717, 1.165) is 19.6 Å². The minimum absolute atomic E-state index is 0.682. The lowest BCUT2D eigenvalue weighted by molar-refractivity contribution is 0.136. The van der Waals surface area contributed by atoms with E-state index < -0.39 is 0 Å². The van der Waals surface area contributed by atoms with Crippen LogP contribution in [0.1, 0.15) is 43.9 Å². The van der Waals surface area contributed by atoms with Crippen molar-refractivity contribution in [3.05, 3.63) is 29.6 Å².